The van der Waals surface area contributed by atoms with Gasteiger partial charge in [0.15, 0.2) is 22.7 Å². The van der Waals surface area contributed by atoms with Crippen LogP contribution in [0.15, 0.2) is 29.4 Å². The van der Waals surface area contributed by atoms with E-state index in [4.69, 9.17) is 15.2 Å². The standard InChI is InChI=1S/C11H13N3O2S/c1-7(13-14-11(12)17)10-6-15-8-4-2-3-5-9(8)16-10/h2-5,10H,6H2,1H3,(H3,12,14,17)/b13-7+/t10-/m0/s1. The van der Waals surface area contributed by atoms with E-state index in [0.717, 1.165) is 11.5 Å². The fourth-order valence-electron chi connectivity index (χ4n) is 1.44. The third-order valence-corrected chi connectivity index (χ3v) is 2.41. The molecule has 0 aliphatic carbocycles. The Morgan fingerprint density at radius 3 is 2.88 bits per heavy atom. The molecule has 5 nitrogen and oxygen atoms in total. The lowest BCUT2D eigenvalue weighted by Crippen LogP contribution is -2.37. The molecule has 0 radical (unpaired) electrons. The minimum absolute atomic E-state index is 0.126. The average molecular weight is 251 g/mol. The Morgan fingerprint density at radius 1 is 1.47 bits per heavy atom. The first-order valence-corrected chi connectivity index (χ1v) is 5.56. The summed E-state index contributed by atoms with van der Waals surface area (Å²) in [5, 5.41) is 4.14. The van der Waals surface area contributed by atoms with E-state index in [1.165, 1.54) is 0 Å². The highest BCUT2D eigenvalue weighted by molar-refractivity contribution is 7.80. The van der Waals surface area contributed by atoms with E-state index < -0.39 is 0 Å². The second-order valence-corrected chi connectivity index (χ2v) is 4.03. The second-order valence-electron chi connectivity index (χ2n) is 3.59. The van der Waals surface area contributed by atoms with Crippen LogP contribution >= 0.6 is 12.2 Å². The first-order chi connectivity index (χ1) is 8.16. The van der Waals surface area contributed by atoms with Crippen LogP contribution in [0.1, 0.15) is 6.92 Å². The minimum atomic E-state index is -0.230. The Balaban J connectivity index is 2.07. The van der Waals surface area contributed by atoms with Crippen LogP contribution in [0.5, 0.6) is 11.5 Å². The summed E-state index contributed by atoms with van der Waals surface area (Å²) in [5.74, 6) is 1.47. The number of fused-ring (bicyclic) bond motifs is 1. The van der Waals surface area contributed by atoms with Crippen molar-refractivity contribution in [3.8, 4) is 11.5 Å². The van der Waals surface area contributed by atoms with Gasteiger partial charge in [0.05, 0.1) is 5.71 Å². The van der Waals surface area contributed by atoms with E-state index in [1.54, 1.807) is 0 Å². The molecule has 90 valence electrons. The summed E-state index contributed by atoms with van der Waals surface area (Å²) in [6, 6.07) is 7.52. The van der Waals surface area contributed by atoms with Crippen LogP contribution in [-0.4, -0.2) is 23.5 Å². The van der Waals surface area contributed by atoms with Crippen LogP contribution in [0.2, 0.25) is 0 Å². The van der Waals surface area contributed by atoms with Gasteiger partial charge in [-0.25, -0.2) is 0 Å². The van der Waals surface area contributed by atoms with Gasteiger partial charge in [-0.3, -0.25) is 5.43 Å². The number of benzene rings is 1. The molecule has 0 amide bonds. The molecule has 0 spiro atoms. The Labute approximate surface area is 105 Å². The summed E-state index contributed by atoms with van der Waals surface area (Å²) in [6.07, 6.45) is -0.230. The van der Waals surface area contributed by atoms with Gasteiger partial charge in [0.1, 0.15) is 6.61 Å². The molecule has 1 aromatic carbocycles. The molecule has 1 aliphatic rings. The lowest BCUT2D eigenvalue weighted by atomic mass is 10.2. The number of nitrogens with two attached hydrogens (primary N) is 1. The molecule has 1 heterocycles. The fraction of sp³-hybridized carbons (Fsp3) is 0.273. The second kappa shape index (κ2) is 5.01. The lowest BCUT2D eigenvalue weighted by Gasteiger charge is -2.26. The van der Waals surface area contributed by atoms with Gasteiger partial charge in [0.25, 0.3) is 0 Å². The van der Waals surface area contributed by atoms with Crippen LogP contribution in [-0.2, 0) is 0 Å². The number of nitrogens with zero attached hydrogens (tertiary/aromatic N) is 1. The van der Waals surface area contributed by atoms with Gasteiger partial charge in [-0.2, -0.15) is 5.10 Å². The van der Waals surface area contributed by atoms with Crippen molar-refractivity contribution < 1.29 is 9.47 Å². The average Bonchev–Trinajstić information content (AvgIpc) is 2.35. The van der Waals surface area contributed by atoms with Gasteiger partial charge in [-0.1, -0.05) is 12.1 Å². The molecular formula is C11H13N3O2S. The molecule has 6 heteroatoms. The molecule has 0 fully saturated rings. The first-order valence-electron chi connectivity index (χ1n) is 5.15. The minimum Gasteiger partial charge on any atom is -0.485 e. The van der Waals surface area contributed by atoms with Crippen molar-refractivity contribution in [1.29, 1.82) is 0 Å². The van der Waals surface area contributed by atoms with Crippen LogP contribution in [0.25, 0.3) is 0 Å². The summed E-state index contributed by atoms with van der Waals surface area (Å²) in [4.78, 5) is 0. The maximum absolute atomic E-state index is 5.75. The number of hydrazone groups is 1. The zero-order valence-corrected chi connectivity index (χ0v) is 10.2. The molecule has 0 aromatic heterocycles. The normalized spacial score (nSPS) is 18.6. The molecule has 2 rings (SSSR count). The van der Waals surface area contributed by atoms with Crippen molar-refractivity contribution in [2.75, 3.05) is 6.61 Å². The van der Waals surface area contributed by atoms with Crippen molar-refractivity contribution in [2.45, 2.75) is 13.0 Å². The van der Waals surface area contributed by atoms with Gasteiger partial charge in [-0.05, 0) is 31.3 Å². The summed E-state index contributed by atoms with van der Waals surface area (Å²) < 4.78 is 11.3. The van der Waals surface area contributed by atoms with E-state index in [-0.39, 0.29) is 11.2 Å². The number of thiocarbonyl (C=S) groups is 1. The van der Waals surface area contributed by atoms with Gasteiger partial charge < -0.3 is 15.2 Å². The van der Waals surface area contributed by atoms with E-state index >= 15 is 0 Å². The van der Waals surface area contributed by atoms with Crippen LogP contribution in [0.3, 0.4) is 0 Å². The molecule has 17 heavy (non-hydrogen) atoms. The summed E-state index contributed by atoms with van der Waals surface area (Å²) in [5.41, 5.74) is 8.55. The monoisotopic (exact) mass is 251 g/mol. The SMILES string of the molecule is C/C(=N\NC(N)=S)[C@@H]1COc2ccccc2O1. The van der Waals surface area contributed by atoms with E-state index in [0.29, 0.717) is 12.4 Å². The fourth-order valence-corrected chi connectivity index (χ4v) is 1.49. The van der Waals surface area contributed by atoms with Crippen molar-refractivity contribution in [2.24, 2.45) is 10.8 Å². The molecule has 0 bridgehead atoms. The predicted octanol–water partition coefficient (Wildman–Crippen LogP) is 1.04. The molecule has 0 unspecified atom stereocenters. The molecular weight excluding hydrogens is 238 g/mol. The Morgan fingerprint density at radius 2 is 2.18 bits per heavy atom. The number of para-hydroxylation sites is 2. The molecule has 0 saturated heterocycles. The summed E-state index contributed by atoms with van der Waals surface area (Å²) in [6.45, 7) is 2.25. The van der Waals surface area contributed by atoms with Crippen LogP contribution < -0.4 is 20.6 Å². The molecule has 1 aliphatic heterocycles. The van der Waals surface area contributed by atoms with Crippen molar-refractivity contribution in [3.63, 3.8) is 0 Å². The number of ether oxygens (including phenoxy) is 2. The molecule has 0 saturated carbocycles. The number of nitrogens with one attached hydrogen (secondary N) is 1. The van der Waals surface area contributed by atoms with Gasteiger partial charge in [0, 0.05) is 0 Å². The third-order valence-electron chi connectivity index (χ3n) is 2.32. The zero-order valence-electron chi connectivity index (χ0n) is 9.34. The maximum Gasteiger partial charge on any atom is 0.184 e. The molecule has 1 aromatic rings. The summed E-state index contributed by atoms with van der Waals surface area (Å²) >= 11 is 4.67. The maximum atomic E-state index is 5.75. The van der Waals surface area contributed by atoms with E-state index in [9.17, 15) is 0 Å². The van der Waals surface area contributed by atoms with Crippen LogP contribution in [0.4, 0.5) is 0 Å². The van der Waals surface area contributed by atoms with Crippen LogP contribution in [0, 0.1) is 0 Å². The van der Waals surface area contributed by atoms with Gasteiger partial charge >= 0.3 is 0 Å². The van der Waals surface area contributed by atoms with Gasteiger partial charge in [0.2, 0.25) is 0 Å². The number of hydrogen-bond acceptors (Lipinski definition) is 4. The lowest BCUT2D eigenvalue weighted by molar-refractivity contribution is 0.134. The largest absolute Gasteiger partial charge is 0.485 e. The highest BCUT2D eigenvalue weighted by Crippen LogP contribution is 2.30. The quantitative estimate of drug-likeness (QED) is 0.467. The Bertz CT molecular complexity index is 462. The smallest absolute Gasteiger partial charge is 0.184 e. The molecule has 1 atom stereocenters. The molecule has 3 N–H and O–H groups in total. The Kier molecular flexibility index (Phi) is 3.43. The predicted molar refractivity (Wildman–Crippen MR) is 69.4 cm³/mol. The van der Waals surface area contributed by atoms with E-state index in [1.807, 2.05) is 31.2 Å². The van der Waals surface area contributed by atoms with E-state index in [2.05, 4.69) is 22.7 Å². The van der Waals surface area contributed by atoms with Crippen molar-refractivity contribution in [3.05, 3.63) is 24.3 Å². The first kappa shape index (κ1) is 11.7. The highest BCUT2D eigenvalue weighted by Gasteiger charge is 2.22. The highest BCUT2D eigenvalue weighted by atomic mass is 32.1. The Hall–Kier alpha value is -1.82. The topological polar surface area (TPSA) is 68.9 Å². The third kappa shape index (κ3) is 2.85. The number of rotatable bonds is 2. The van der Waals surface area contributed by atoms with Crippen molar-refractivity contribution >= 4 is 23.0 Å². The zero-order chi connectivity index (χ0) is 12.3. The van der Waals surface area contributed by atoms with Crippen molar-refractivity contribution in [1.82, 2.24) is 5.43 Å². The van der Waals surface area contributed by atoms with Gasteiger partial charge in [-0.15, -0.1) is 0 Å². The summed E-state index contributed by atoms with van der Waals surface area (Å²) in [7, 11) is 0. The number of hydrogen-bond donors (Lipinski definition) is 2.